The highest BCUT2D eigenvalue weighted by atomic mass is 19.2. The molecule has 4 atom stereocenters. The number of Topliss-reactive ketones (excluding diaryl/α,β-unsaturated/α-hetero) is 1. The van der Waals surface area contributed by atoms with Crippen LogP contribution in [0.1, 0.15) is 25.3 Å². The van der Waals surface area contributed by atoms with Gasteiger partial charge in [0.15, 0.2) is 17.5 Å². The number of aliphatic carboxylic acids is 1. The molecule has 4 unspecified atom stereocenters. The Morgan fingerprint density at radius 3 is 2.55 bits per heavy atom. The van der Waals surface area contributed by atoms with Gasteiger partial charge in [0.2, 0.25) is 0 Å². The molecule has 3 nitrogen and oxygen atoms in total. The molecule has 22 heavy (non-hydrogen) atoms. The molecule has 2 fully saturated rings. The number of rotatable bonds is 4. The van der Waals surface area contributed by atoms with Crippen molar-refractivity contribution in [1.82, 2.24) is 0 Å². The van der Waals surface area contributed by atoms with Crippen LogP contribution in [0.15, 0.2) is 12.1 Å². The average molecular weight is 312 g/mol. The van der Waals surface area contributed by atoms with Crippen LogP contribution in [0.5, 0.6) is 0 Å². The Kier molecular flexibility index (Phi) is 3.30. The van der Waals surface area contributed by atoms with Crippen LogP contribution in [0.4, 0.5) is 13.2 Å². The van der Waals surface area contributed by atoms with Crippen LogP contribution >= 0.6 is 0 Å². The first kappa shape index (κ1) is 15.1. The molecule has 1 N–H and O–H groups in total. The van der Waals surface area contributed by atoms with Gasteiger partial charge in [-0.3, -0.25) is 9.59 Å². The van der Waals surface area contributed by atoms with Crippen molar-refractivity contribution in [3.8, 4) is 0 Å². The molecule has 3 rings (SSSR count). The predicted octanol–water partition coefficient (Wildman–Crippen LogP) is 2.96. The van der Waals surface area contributed by atoms with Crippen molar-refractivity contribution in [2.75, 3.05) is 0 Å². The Morgan fingerprint density at radius 1 is 1.32 bits per heavy atom. The smallest absolute Gasteiger partial charge is 0.307 e. The van der Waals surface area contributed by atoms with E-state index < -0.39 is 40.7 Å². The lowest BCUT2D eigenvalue weighted by molar-refractivity contribution is -0.142. The van der Waals surface area contributed by atoms with E-state index in [0.717, 1.165) is 12.1 Å². The summed E-state index contributed by atoms with van der Waals surface area (Å²) in [5.41, 5.74) is -0.886. The van der Waals surface area contributed by atoms with Crippen LogP contribution in [0, 0.1) is 40.6 Å². The molecule has 0 heterocycles. The number of halogens is 3. The summed E-state index contributed by atoms with van der Waals surface area (Å²) in [7, 11) is 0. The fourth-order valence-corrected chi connectivity index (χ4v) is 4.21. The Balaban J connectivity index is 1.82. The number of fused-ring (bicyclic) bond motifs is 1. The third-order valence-electron chi connectivity index (χ3n) is 5.31. The highest BCUT2D eigenvalue weighted by molar-refractivity contribution is 5.99. The van der Waals surface area contributed by atoms with Crippen molar-refractivity contribution < 1.29 is 27.9 Å². The molecule has 0 amide bonds. The van der Waals surface area contributed by atoms with Crippen LogP contribution in [0.25, 0.3) is 0 Å². The molecule has 2 saturated carbocycles. The standard InChI is InChI=1S/C16H15F3O3/c1-2-16-9(11(16)15(21)22)6-8(14(16)20)5-7-3-4-10(17)13(19)12(7)18/h3-4,8-9,11H,2,5-6H2,1H3,(H,21,22). The number of hydrogen-bond donors (Lipinski definition) is 1. The van der Waals surface area contributed by atoms with E-state index in [1.807, 2.05) is 0 Å². The molecule has 2 aliphatic rings. The van der Waals surface area contributed by atoms with E-state index >= 15 is 0 Å². The van der Waals surface area contributed by atoms with Gasteiger partial charge in [0, 0.05) is 11.3 Å². The molecular weight excluding hydrogens is 297 g/mol. The van der Waals surface area contributed by atoms with Crippen molar-refractivity contribution in [3.63, 3.8) is 0 Å². The number of ketones is 1. The van der Waals surface area contributed by atoms with Crippen molar-refractivity contribution in [3.05, 3.63) is 35.1 Å². The van der Waals surface area contributed by atoms with E-state index in [1.165, 1.54) is 0 Å². The largest absolute Gasteiger partial charge is 0.481 e. The maximum Gasteiger partial charge on any atom is 0.307 e. The first-order chi connectivity index (χ1) is 10.3. The normalized spacial score (nSPS) is 32.9. The second kappa shape index (κ2) is 4.83. The van der Waals surface area contributed by atoms with Gasteiger partial charge in [-0.1, -0.05) is 13.0 Å². The average Bonchev–Trinajstić information content (AvgIpc) is 3.06. The van der Waals surface area contributed by atoms with Gasteiger partial charge in [-0.2, -0.15) is 0 Å². The molecule has 1 aromatic rings. The van der Waals surface area contributed by atoms with Crippen molar-refractivity contribution >= 4 is 11.8 Å². The van der Waals surface area contributed by atoms with Crippen molar-refractivity contribution in [2.24, 2.45) is 23.2 Å². The second-order valence-corrected chi connectivity index (χ2v) is 6.15. The van der Waals surface area contributed by atoms with Crippen LogP contribution in [-0.4, -0.2) is 16.9 Å². The third-order valence-corrected chi connectivity index (χ3v) is 5.31. The molecule has 0 spiro atoms. The minimum atomic E-state index is -1.54. The Bertz CT molecular complexity index is 673. The number of carbonyl (C=O) groups is 2. The van der Waals surface area contributed by atoms with E-state index in [9.17, 15) is 22.8 Å². The van der Waals surface area contributed by atoms with Crippen LogP contribution in [0.3, 0.4) is 0 Å². The van der Waals surface area contributed by atoms with E-state index in [4.69, 9.17) is 5.11 Å². The van der Waals surface area contributed by atoms with E-state index in [0.29, 0.717) is 12.8 Å². The summed E-state index contributed by atoms with van der Waals surface area (Å²) in [4.78, 5) is 23.7. The fourth-order valence-electron chi connectivity index (χ4n) is 4.21. The molecule has 0 aromatic heterocycles. The summed E-state index contributed by atoms with van der Waals surface area (Å²) in [6.07, 6.45) is 0.777. The Hall–Kier alpha value is -1.85. The van der Waals surface area contributed by atoms with Gasteiger partial charge in [0.25, 0.3) is 0 Å². The summed E-state index contributed by atoms with van der Waals surface area (Å²) >= 11 is 0. The highest BCUT2D eigenvalue weighted by Gasteiger charge is 2.75. The summed E-state index contributed by atoms with van der Waals surface area (Å²) in [5, 5.41) is 9.16. The van der Waals surface area contributed by atoms with Crippen molar-refractivity contribution in [2.45, 2.75) is 26.2 Å². The zero-order valence-corrected chi connectivity index (χ0v) is 11.9. The lowest BCUT2D eigenvalue weighted by atomic mass is 9.86. The summed E-state index contributed by atoms with van der Waals surface area (Å²) in [6, 6.07) is 1.97. The van der Waals surface area contributed by atoms with Gasteiger partial charge >= 0.3 is 5.97 Å². The topological polar surface area (TPSA) is 54.4 Å². The quantitative estimate of drug-likeness (QED) is 0.870. The molecule has 6 heteroatoms. The van der Waals surface area contributed by atoms with Gasteiger partial charge < -0.3 is 5.11 Å². The molecule has 0 radical (unpaired) electrons. The molecule has 118 valence electrons. The SMILES string of the molecule is CCC12C(=O)C(Cc3ccc(F)c(F)c3F)CC1C2C(=O)O. The van der Waals surface area contributed by atoms with Crippen LogP contribution < -0.4 is 0 Å². The summed E-state index contributed by atoms with van der Waals surface area (Å²) < 4.78 is 39.9. The summed E-state index contributed by atoms with van der Waals surface area (Å²) in [6.45, 7) is 1.77. The first-order valence-electron chi connectivity index (χ1n) is 7.24. The molecular formula is C16H15F3O3. The minimum absolute atomic E-state index is 0.0214. The van der Waals surface area contributed by atoms with Crippen LogP contribution in [0.2, 0.25) is 0 Å². The maximum atomic E-state index is 13.7. The number of carboxylic acid groups (broad SMARTS) is 1. The van der Waals surface area contributed by atoms with Gasteiger partial charge in [-0.15, -0.1) is 0 Å². The van der Waals surface area contributed by atoms with Gasteiger partial charge in [-0.05, 0) is 36.8 Å². The minimum Gasteiger partial charge on any atom is -0.481 e. The third kappa shape index (κ3) is 1.82. The fraction of sp³-hybridized carbons (Fsp3) is 0.500. The Morgan fingerprint density at radius 2 is 2.00 bits per heavy atom. The second-order valence-electron chi connectivity index (χ2n) is 6.15. The molecule has 0 aliphatic heterocycles. The van der Waals surface area contributed by atoms with Gasteiger partial charge in [0.1, 0.15) is 5.78 Å². The molecule has 0 saturated heterocycles. The predicted molar refractivity (Wildman–Crippen MR) is 70.5 cm³/mol. The first-order valence-corrected chi connectivity index (χ1v) is 7.24. The van der Waals surface area contributed by atoms with Gasteiger partial charge in [-0.25, -0.2) is 13.2 Å². The lowest BCUT2D eigenvalue weighted by Gasteiger charge is -2.17. The maximum absolute atomic E-state index is 13.7. The van der Waals surface area contributed by atoms with Crippen LogP contribution in [-0.2, 0) is 16.0 Å². The number of hydrogen-bond acceptors (Lipinski definition) is 2. The van der Waals surface area contributed by atoms with E-state index in [1.54, 1.807) is 6.92 Å². The summed E-state index contributed by atoms with van der Waals surface area (Å²) in [5.74, 6) is -6.64. The lowest BCUT2D eigenvalue weighted by Crippen LogP contribution is -2.26. The molecule has 0 bridgehead atoms. The highest BCUT2D eigenvalue weighted by Crippen LogP contribution is 2.70. The number of benzene rings is 1. The van der Waals surface area contributed by atoms with Gasteiger partial charge in [0.05, 0.1) is 5.92 Å². The number of carboxylic acids is 1. The van der Waals surface area contributed by atoms with E-state index in [-0.39, 0.29) is 23.7 Å². The van der Waals surface area contributed by atoms with Crippen molar-refractivity contribution in [1.29, 1.82) is 0 Å². The molecule has 1 aromatic carbocycles. The Labute approximate surface area is 125 Å². The zero-order valence-electron chi connectivity index (χ0n) is 11.9. The molecule has 2 aliphatic carbocycles. The van der Waals surface area contributed by atoms with E-state index in [2.05, 4.69) is 0 Å². The monoisotopic (exact) mass is 312 g/mol. The number of carbonyl (C=O) groups excluding carboxylic acids is 1. The zero-order chi connectivity index (χ0) is 16.2.